The largest absolute Gasteiger partial charge is 0.478 e. The van der Waals surface area contributed by atoms with Crippen LogP contribution in [0, 0.1) is 5.92 Å². The van der Waals surface area contributed by atoms with Gasteiger partial charge in [0.25, 0.3) is 0 Å². The molecule has 1 unspecified atom stereocenters. The summed E-state index contributed by atoms with van der Waals surface area (Å²) >= 11 is 0. The molecule has 0 saturated carbocycles. The Balaban J connectivity index is 1.94. The van der Waals surface area contributed by atoms with Crippen LogP contribution in [-0.4, -0.2) is 27.1 Å². The summed E-state index contributed by atoms with van der Waals surface area (Å²) < 4.78 is 0. The highest BCUT2D eigenvalue weighted by molar-refractivity contribution is 5.87. The molecule has 2 rings (SSSR count). The number of nitrogens with one attached hydrogen (secondary N) is 1. The fourth-order valence-corrected chi connectivity index (χ4v) is 2.85. The molecule has 0 bridgehead atoms. The van der Waals surface area contributed by atoms with Crippen molar-refractivity contribution in [3.05, 3.63) is 65.0 Å². The molecule has 3 N–H and O–H groups in total. The number of carbonyl (C=O) groups excluding carboxylic acids is 1. The van der Waals surface area contributed by atoms with Crippen LogP contribution in [0.25, 0.3) is 0 Å². The van der Waals surface area contributed by atoms with Gasteiger partial charge in [-0.3, -0.25) is 9.78 Å². The molecule has 0 fully saturated rings. The number of pyridine rings is 1. The number of carbonyl (C=O) groups is 2. The maximum Gasteiger partial charge on any atom is 0.335 e. The Morgan fingerprint density at radius 2 is 1.85 bits per heavy atom. The summed E-state index contributed by atoms with van der Waals surface area (Å²) in [4.78, 5) is 27.7. The van der Waals surface area contributed by atoms with Gasteiger partial charge in [0, 0.05) is 24.4 Å². The fourth-order valence-electron chi connectivity index (χ4n) is 2.85. The van der Waals surface area contributed by atoms with Crippen molar-refractivity contribution in [3.8, 4) is 0 Å². The Hall–Kier alpha value is -2.73. The summed E-state index contributed by atoms with van der Waals surface area (Å²) in [6.07, 6.45) is 2.04. The first-order valence-corrected chi connectivity index (χ1v) is 8.57. The molecule has 6 nitrogen and oxygen atoms in total. The predicted molar refractivity (Wildman–Crippen MR) is 97.6 cm³/mol. The molecule has 6 heteroatoms. The molecule has 1 amide bonds. The second-order valence-electron chi connectivity index (χ2n) is 6.46. The molecular weight excluding hydrogens is 332 g/mol. The number of aromatic carboxylic acids is 1. The van der Waals surface area contributed by atoms with E-state index < -0.39 is 5.97 Å². The summed E-state index contributed by atoms with van der Waals surface area (Å²) in [5, 5.41) is 21.3. The fraction of sp³-hybridized carbons (Fsp3) is 0.350. The summed E-state index contributed by atoms with van der Waals surface area (Å²) in [6, 6.07) is 10.4. The lowest BCUT2D eigenvalue weighted by atomic mass is 9.93. The van der Waals surface area contributed by atoms with Crippen molar-refractivity contribution in [2.75, 3.05) is 0 Å². The van der Waals surface area contributed by atoms with E-state index in [1.54, 1.807) is 6.07 Å². The molecule has 0 aliphatic rings. The third-order valence-corrected chi connectivity index (χ3v) is 4.43. The van der Waals surface area contributed by atoms with E-state index >= 15 is 0 Å². The zero-order valence-electron chi connectivity index (χ0n) is 15.0. The Bertz CT molecular complexity index is 776. The summed E-state index contributed by atoms with van der Waals surface area (Å²) in [6.45, 7) is 4.06. The number of aliphatic hydroxyl groups excluding tert-OH is 1. The highest BCUT2D eigenvalue weighted by Crippen LogP contribution is 2.22. The number of carboxylic acid groups (broad SMARTS) is 1. The molecule has 0 aliphatic heterocycles. The first kappa shape index (κ1) is 19.6. The van der Waals surface area contributed by atoms with E-state index in [1.807, 2.05) is 38.1 Å². The Kier molecular flexibility index (Phi) is 6.86. The zero-order valence-corrected chi connectivity index (χ0v) is 15.0. The average Bonchev–Trinajstić information content (AvgIpc) is 2.66. The van der Waals surface area contributed by atoms with Crippen molar-refractivity contribution >= 4 is 11.9 Å². The van der Waals surface area contributed by atoms with Gasteiger partial charge in [-0.15, -0.1) is 0 Å². The Morgan fingerprint density at radius 1 is 1.15 bits per heavy atom. The first-order chi connectivity index (χ1) is 12.4. The molecule has 1 heterocycles. The van der Waals surface area contributed by atoms with E-state index in [0.29, 0.717) is 18.7 Å². The van der Waals surface area contributed by atoms with Crippen molar-refractivity contribution in [1.82, 2.24) is 10.3 Å². The molecule has 0 saturated heterocycles. The summed E-state index contributed by atoms with van der Waals surface area (Å²) in [5.74, 6) is -1.37. The standard InChI is InChI=1S/C20H24N2O4/c1-13(18-10-15(20(25)26)7-8-21-18)9-14(2)19(24)22-11-16-5-3-4-6-17(16)12-23/h3-8,10,13-14,23H,9,11-12H2,1-2H3,(H,22,24)(H,25,26)/t13?,14-/m1/s1. The number of rotatable bonds is 8. The number of hydrogen-bond donors (Lipinski definition) is 3. The lowest BCUT2D eigenvalue weighted by molar-refractivity contribution is -0.125. The average molecular weight is 356 g/mol. The SMILES string of the molecule is CC(C[C@@H](C)C(=O)NCc1ccccc1CO)c1cc(C(=O)O)ccn1. The minimum atomic E-state index is -0.991. The van der Waals surface area contributed by atoms with E-state index in [4.69, 9.17) is 5.11 Å². The van der Waals surface area contributed by atoms with Gasteiger partial charge in [0.1, 0.15) is 0 Å². The topological polar surface area (TPSA) is 99.5 Å². The van der Waals surface area contributed by atoms with Crippen LogP contribution in [-0.2, 0) is 17.9 Å². The van der Waals surface area contributed by atoms with E-state index in [-0.39, 0.29) is 29.9 Å². The third kappa shape index (κ3) is 5.13. The molecule has 0 aliphatic carbocycles. The molecule has 0 spiro atoms. The van der Waals surface area contributed by atoms with Crippen molar-refractivity contribution < 1.29 is 19.8 Å². The van der Waals surface area contributed by atoms with Gasteiger partial charge in [-0.05, 0) is 35.6 Å². The number of nitrogens with zero attached hydrogens (tertiary/aromatic N) is 1. The molecule has 1 aromatic carbocycles. The second-order valence-corrected chi connectivity index (χ2v) is 6.46. The molecule has 2 atom stereocenters. The molecule has 26 heavy (non-hydrogen) atoms. The number of hydrogen-bond acceptors (Lipinski definition) is 4. The van der Waals surface area contributed by atoms with Crippen LogP contribution in [0.2, 0.25) is 0 Å². The number of aliphatic hydroxyl groups is 1. The van der Waals surface area contributed by atoms with Crippen LogP contribution in [0.3, 0.4) is 0 Å². The van der Waals surface area contributed by atoms with Crippen LogP contribution in [0.4, 0.5) is 0 Å². The van der Waals surface area contributed by atoms with E-state index in [1.165, 1.54) is 12.3 Å². The van der Waals surface area contributed by atoms with Gasteiger partial charge >= 0.3 is 5.97 Å². The number of benzene rings is 1. The smallest absolute Gasteiger partial charge is 0.335 e. The van der Waals surface area contributed by atoms with Gasteiger partial charge in [0.2, 0.25) is 5.91 Å². The van der Waals surface area contributed by atoms with Gasteiger partial charge in [-0.25, -0.2) is 4.79 Å². The van der Waals surface area contributed by atoms with Crippen LogP contribution in [0.5, 0.6) is 0 Å². The van der Waals surface area contributed by atoms with Crippen LogP contribution in [0.15, 0.2) is 42.6 Å². The van der Waals surface area contributed by atoms with Crippen molar-refractivity contribution in [2.24, 2.45) is 5.92 Å². The highest BCUT2D eigenvalue weighted by atomic mass is 16.4. The minimum Gasteiger partial charge on any atom is -0.478 e. The summed E-state index contributed by atoms with van der Waals surface area (Å²) in [7, 11) is 0. The molecule has 138 valence electrons. The highest BCUT2D eigenvalue weighted by Gasteiger charge is 2.19. The van der Waals surface area contributed by atoms with Gasteiger partial charge in [-0.1, -0.05) is 38.1 Å². The Labute approximate surface area is 152 Å². The van der Waals surface area contributed by atoms with E-state index in [9.17, 15) is 14.7 Å². The van der Waals surface area contributed by atoms with Gasteiger partial charge in [0.15, 0.2) is 0 Å². The number of carboxylic acids is 1. The molecule has 1 aromatic heterocycles. The zero-order chi connectivity index (χ0) is 19.1. The van der Waals surface area contributed by atoms with Crippen LogP contribution < -0.4 is 5.32 Å². The number of amides is 1. The normalized spacial score (nSPS) is 13.0. The van der Waals surface area contributed by atoms with E-state index in [0.717, 1.165) is 11.1 Å². The van der Waals surface area contributed by atoms with Crippen molar-refractivity contribution in [1.29, 1.82) is 0 Å². The maximum absolute atomic E-state index is 12.4. The van der Waals surface area contributed by atoms with Crippen LogP contribution >= 0.6 is 0 Å². The Morgan fingerprint density at radius 3 is 2.50 bits per heavy atom. The lowest BCUT2D eigenvalue weighted by Gasteiger charge is -2.17. The monoisotopic (exact) mass is 356 g/mol. The predicted octanol–water partition coefficient (Wildman–Crippen LogP) is 2.72. The molecule has 0 radical (unpaired) electrons. The summed E-state index contributed by atoms with van der Waals surface area (Å²) in [5.41, 5.74) is 2.54. The minimum absolute atomic E-state index is 0.0419. The molecule has 2 aromatic rings. The lowest BCUT2D eigenvalue weighted by Crippen LogP contribution is -2.30. The number of aromatic nitrogens is 1. The molecular formula is C20H24N2O4. The second kappa shape index (κ2) is 9.10. The van der Waals surface area contributed by atoms with Crippen LogP contribution in [0.1, 0.15) is 53.4 Å². The first-order valence-electron chi connectivity index (χ1n) is 8.57. The van der Waals surface area contributed by atoms with E-state index in [2.05, 4.69) is 10.3 Å². The van der Waals surface area contributed by atoms with Gasteiger partial charge in [0.05, 0.1) is 12.2 Å². The van der Waals surface area contributed by atoms with Gasteiger partial charge in [-0.2, -0.15) is 0 Å². The quantitative estimate of drug-likeness (QED) is 0.675. The van der Waals surface area contributed by atoms with Crippen molar-refractivity contribution in [2.45, 2.75) is 39.3 Å². The maximum atomic E-state index is 12.4. The van der Waals surface area contributed by atoms with Crippen molar-refractivity contribution in [3.63, 3.8) is 0 Å². The van der Waals surface area contributed by atoms with Gasteiger partial charge < -0.3 is 15.5 Å². The third-order valence-electron chi connectivity index (χ3n) is 4.43.